The number of esters is 1. The van der Waals surface area contributed by atoms with Crippen molar-refractivity contribution < 1.29 is 18.7 Å². The van der Waals surface area contributed by atoms with Gasteiger partial charge in [0.15, 0.2) is 6.10 Å². The van der Waals surface area contributed by atoms with E-state index in [1.54, 1.807) is 48.7 Å². The summed E-state index contributed by atoms with van der Waals surface area (Å²) < 4.78 is 10.6. The minimum atomic E-state index is -1.01. The van der Waals surface area contributed by atoms with Crippen molar-refractivity contribution in [1.82, 2.24) is 4.98 Å². The topological polar surface area (TPSA) is 93.5 Å². The Bertz CT molecular complexity index is 942. The average Bonchev–Trinajstić information content (AvgIpc) is 3.22. The molecule has 0 radical (unpaired) electrons. The summed E-state index contributed by atoms with van der Waals surface area (Å²) >= 11 is 5.76. The van der Waals surface area contributed by atoms with Crippen molar-refractivity contribution in [1.29, 1.82) is 0 Å². The quantitative estimate of drug-likeness (QED) is 0.580. The number of anilines is 2. The maximum atomic E-state index is 12.5. The van der Waals surface area contributed by atoms with Gasteiger partial charge in [0.05, 0.1) is 23.4 Å². The molecule has 0 spiro atoms. The molecule has 8 heteroatoms. The molecule has 0 bridgehead atoms. The molecule has 3 aromatic rings. The van der Waals surface area contributed by atoms with Gasteiger partial charge < -0.3 is 19.8 Å². The van der Waals surface area contributed by atoms with Gasteiger partial charge in [-0.05, 0) is 43.3 Å². The third kappa shape index (κ3) is 5.11. The zero-order chi connectivity index (χ0) is 19.9. The van der Waals surface area contributed by atoms with Crippen LogP contribution in [0.5, 0.6) is 0 Å². The second-order valence-electron chi connectivity index (χ2n) is 5.88. The standard InChI is InChI=1S/C20H18ClN3O4/c1-13(19(25)24-18-9-8-14(21)11-23-18)28-20(26)16-6-2-3-7-17(16)22-12-15-5-4-10-27-15/h2-11,13,22H,12H2,1H3,(H,23,24,25). The second kappa shape index (κ2) is 9.05. The molecule has 0 fully saturated rings. The fourth-order valence-electron chi connectivity index (χ4n) is 2.37. The number of carbonyl (C=O) groups excluding carboxylic acids is 2. The van der Waals surface area contributed by atoms with Gasteiger partial charge >= 0.3 is 5.97 Å². The van der Waals surface area contributed by atoms with Gasteiger partial charge in [0.1, 0.15) is 11.6 Å². The fraction of sp³-hybridized carbons (Fsp3) is 0.150. The molecule has 28 heavy (non-hydrogen) atoms. The molecule has 0 aliphatic carbocycles. The average molecular weight is 400 g/mol. The van der Waals surface area contributed by atoms with E-state index in [1.165, 1.54) is 13.1 Å². The first kappa shape index (κ1) is 19.4. The van der Waals surface area contributed by atoms with Gasteiger partial charge in [-0.3, -0.25) is 4.79 Å². The highest BCUT2D eigenvalue weighted by Gasteiger charge is 2.21. The number of hydrogen-bond donors (Lipinski definition) is 2. The van der Waals surface area contributed by atoms with Gasteiger partial charge in [-0.15, -0.1) is 0 Å². The summed E-state index contributed by atoms with van der Waals surface area (Å²) in [5.74, 6) is -0.0670. The predicted molar refractivity (Wildman–Crippen MR) is 105 cm³/mol. The van der Waals surface area contributed by atoms with Crippen LogP contribution in [0.3, 0.4) is 0 Å². The highest BCUT2D eigenvalue weighted by molar-refractivity contribution is 6.30. The van der Waals surface area contributed by atoms with E-state index >= 15 is 0 Å². The lowest BCUT2D eigenvalue weighted by Crippen LogP contribution is -2.30. The van der Waals surface area contributed by atoms with Crippen LogP contribution in [0.2, 0.25) is 5.02 Å². The van der Waals surface area contributed by atoms with Crippen molar-refractivity contribution in [3.05, 3.63) is 77.3 Å². The van der Waals surface area contributed by atoms with Crippen LogP contribution in [0.15, 0.2) is 65.4 Å². The number of nitrogens with zero attached hydrogens (tertiary/aromatic N) is 1. The first-order valence-electron chi connectivity index (χ1n) is 8.51. The molecule has 144 valence electrons. The number of halogens is 1. The second-order valence-corrected chi connectivity index (χ2v) is 6.31. The Morgan fingerprint density at radius 1 is 1.18 bits per heavy atom. The summed E-state index contributed by atoms with van der Waals surface area (Å²) in [5, 5.41) is 6.15. The van der Waals surface area contributed by atoms with E-state index in [0.717, 1.165) is 5.76 Å². The molecule has 2 N–H and O–H groups in total. The van der Waals surface area contributed by atoms with Gasteiger partial charge in [0, 0.05) is 11.9 Å². The van der Waals surface area contributed by atoms with E-state index in [1.807, 2.05) is 6.07 Å². The van der Waals surface area contributed by atoms with Crippen LogP contribution >= 0.6 is 11.6 Å². The Morgan fingerprint density at radius 3 is 2.71 bits per heavy atom. The number of amides is 1. The molecule has 3 rings (SSSR count). The zero-order valence-corrected chi connectivity index (χ0v) is 15.8. The molecule has 7 nitrogen and oxygen atoms in total. The van der Waals surface area contributed by atoms with Gasteiger partial charge in [-0.1, -0.05) is 23.7 Å². The number of nitrogens with one attached hydrogen (secondary N) is 2. The molecule has 1 atom stereocenters. The van der Waals surface area contributed by atoms with E-state index < -0.39 is 18.0 Å². The SMILES string of the molecule is CC(OC(=O)c1ccccc1NCc1ccco1)C(=O)Nc1ccc(Cl)cn1. The molecule has 1 aromatic carbocycles. The van der Waals surface area contributed by atoms with E-state index in [2.05, 4.69) is 15.6 Å². The number of pyridine rings is 1. The van der Waals surface area contributed by atoms with Gasteiger partial charge in [-0.25, -0.2) is 9.78 Å². The number of carbonyl (C=O) groups is 2. The number of para-hydroxylation sites is 1. The molecule has 2 aromatic heterocycles. The van der Waals surface area contributed by atoms with Gasteiger partial charge in [0.25, 0.3) is 5.91 Å². The van der Waals surface area contributed by atoms with Crippen molar-refractivity contribution >= 4 is 35.0 Å². The highest BCUT2D eigenvalue weighted by atomic mass is 35.5. The van der Waals surface area contributed by atoms with Crippen LogP contribution in [0.4, 0.5) is 11.5 Å². The summed E-state index contributed by atoms with van der Waals surface area (Å²) in [6.45, 7) is 1.90. The molecular weight excluding hydrogens is 382 g/mol. The smallest absolute Gasteiger partial charge is 0.341 e. The van der Waals surface area contributed by atoms with Crippen LogP contribution in [-0.4, -0.2) is 23.0 Å². The monoisotopic (exact) mass is 399 g/mol. The normalized spacial score (nSPS) is 11.5. The van der Waals surface area contributed by atoms with E-state index in [-0.39, 0.29) is 0 Å². The number of benzene rings is 1. The van der Waals surface area contributed by atoms with Crippen LogP contribution in [0.25, 0.3) is 0 Å². The van der Waals surface area contributed by atoms with Crippen LogP contribution in [0, 0.1) is 0 Å². The Balaban J connectivity index is 1.61. The first-order valence-corrected chi connectivity index (χ1v) is 8.89. The van der Waals surface area contributed by atoms with Crippen LogP contribution in [-0.2, 0) is 16.1 Å². The van der Waals surface area contributed by atoms with Gasteiger partial charge in [-0.2, -0.15) is 0 Å². The Labute approximate surface area is 166 Å². The van der Waals surface area contributed by atoms with Crippen LogP contribution < -0.4 is 10.6 Å². The lowest BCUT2D eigenvalue weighted by molar-refractivity contribution is -0.123. The van der Waals surface area contributed by atoms with Gasteiger partial charge in [0.2, 0.25) is 0 Å². The third-order valence-corrected chi connectivity index (χ3v) is 4.04. The number of hydrogen-bond acceptors (Lipinski definition) is 6. The molecular formula is C20H18ClN3O4. The molecule has 1 amide bonds. The summed E-state index contributed by atoms with van der Waals surface area (Å²) in [7, 11) is 0. The summed E-state index contributed by atoms with van der Waals surface area (Å²) in [6, 6.07) is 13.7. The van der Waals surface area contributed by atoms with Crippen molar-refractivity contribution in [2.24, 2.45) is 0 Å². The molecule has 1 unspecified atom stereocenters. The molecule has 0 aliphatic heterocycles. The maximum Gasteiger partial charge on any atom is 0.341 e. The maximum absolute atomic E-state index is 12.5. The fourth-order valence-corrected chi connectivity index (χ4v) is 2.48. The summed E-state index contributed by atoms with van der Waals surface area (Å²) in [5.41, 5.74) is 0.897. The molecule has 0 saturated heterocycles. The third-order valence-electron chi connectivity index (χ3n) is 3.81. The Hall–Kier alpha value is -3.32. The Morgan fingerprint density at radius 2 is 2.00 bits per heavy atom. The molecule has 2 heterocycles. The van der Waals surface area contributed by atoms with E-state index in [9.17, 15) is 9.59 Å². The molecule has 0 aliphatic rings. The lowest BCUT2D eigenvalue weighted by Gasteiger charge is -2.15. The number of ether oxygens (including phenoxy) is 1. The lowest BCUT2D eigenvalue weighted by atomic mass is 10.1. The van der Waals surface area contributed by atoms with E-state index in [4.69, 9.17) is 20.8 Å². The van der Waals surface area contributed by atoms with E-state index in [0.29, 0.717) is 28.6 Å². The first-order chi connectivity index (χ1) is 13.5. The van der Waals surface area contributed by atoms with Crippen molar-refractivity contribution in [3.8, 4) is 0 Å². The largest absolute Gasteiger partial charge is 0.467 e. The van der Waals surface area contributed by atoms with Crippen molar-refractivity contribution in [3.63, 3.8) is 0 Å². The van der Waals surface area contributed by atoms with Crippen molar-refractivity contribution in [2.45, 2.75) is 19.6 Å². The zero-order valence-electron chi connectivity index (χ0n) is 15.0. The summed E-state index contributed by atoms with van der Waals surface area (Å²) in [6.07, 6.45) is 1.98. The predicted octanol–water partition coefficient (Wildman–Crippen LogP) is 4.12. The number of furan rings is 1. The highest BCUT2D eigenvalue weighted by Crippen LogP contribution is 2.18. The number of rotatable bonds is 7. The summed E-state index contributed by atoms with van der Waals surface area (Å²) in [4.78, 5) is 28.8. The minimum absolute atomic E-state index is 0.317. The van der Waals surface area contributed by atoms with Crippen molar-refractivity contribution in [2.75, 3.05) is 10.6 Å². The van der Waals surface area contributed by atoms with Crippen LogP contribution in [0.1, 0.15) is 23.0 Å². The minimum Gasteiger partial charge on any atom is -0.467 e. The molecule has 0 saturated carbocycles. The Kier molecular flexibility index (Phi) is 6.29. The number of aromatic nitrogens is 1.